The molecule has 0 spiro atoms. The number of rotatable bonds is 2. The summed E-state index contributed by atoms with van der Waals surface area (Å²) in [5.74, 6) is -3.30. The number of aromatic nitrogens is 2. The predicted octanol–water partition coefficient (Wildman–Crippen LogP) is 2.60. The molecule has 114 valence electrons. The minimum atomic E-state index is -4.38. The highest BCUT2D eigenvalue weighted by atomic mass is 19.4. The Balaban J connectivity index is 2.18. The summed E-state index contributed by atoms with van der Waals surface area (Å²) in [4.78, 5) is 12.2. The summed E-state index contributed by atoms with van der Waals surface area (Å²) < 4.78 is 40.3. The van der Waals surface area contributed by atoms with Gasteiger partial charge in [-0.3, -0.25) is 9.48 Å². The van der Waals surface area contributed by atoms with Crippen LogP contribution < -0.4 is 5.32 Å². The lowest BCUT2D eigenvalue weighted by Crippen LogP contribution is -2.40. The molecule has 5 nitrogen and oxygen atoms in total. The zero-order valence-corrected chi connectivity index (χ0v) is 11.4. The van der Waals surface area contributed by atoms with Crippen molar-refractivity contribution in [3.05, 3.63) is 11.8 Å². The van der Waals surface area contributed by atoms with Gasteiger partial charge in [0, 0.05) is 13.0 Å². The molecule has 0 aromatic carbocycles. The van der Waals surface area contributed by atoms with Crippen molar-refractivity contribution in [2.45, 2.75) is 31.9 Å². The standard InChI is InChI=1S/C13H15F3N4O/c1-20-11(8(6-17)7-18-20)19-12(21)9-4-2-3-5-10(9)13(14,15)16/h7,9-10H,2-5H2,1H3,(H,19,21). The molecule has 1 amide bonds. The molecule has 2 atom stereocenters. The zero-order valence-electron chi connectivity index (χ0n) is 11.4. The first-order valence-electron chi connectivity index (χ1n) is 6.64. The molecule has 1 aromatic heterocycles. The van der Waals surface area contributed by atoms with Crippen molar-refractivity contribution in [2.75, 3.05) is 5.32 Å². The summed E-state index contributed by atoms with van der Waals surface area (Å²) in [6.45, 7) is 0. The number of nitrogens with one attached hydrogen (secondary N) is 1. The number of nitrogens with zero attached hydrogens (tertiary/aromatic N) is 3. The molecular weight excluding hydrogens is 285 g/mol. The topological polar surface area (TPSA) is 70.7 Å². The molecule has 0 saturated heterocycles. The minimum absolute atomic E-state index is 0.0297. The molecule has 1 N–H and O–H groups in total. The van der Waals surface area contributed by atoms with E-state index in [9.17, 15) is 18.0 Å². The second-order valence-electron chi connectivity index (χ2n) is 5.17. The van der Waals surface area contributed by atoms with Gasteiger partial charge in [0.05, 0.1) is 12.1 Å². The summed E-state index contributed by atoms with van der Waals surface area (Å²) >= 11 is 0. The van der Waals surface area contributed by atoms with Crippen LogP contribution in [0.5, 0.6) is 0 Å². The third-order valence-electron chi connectivity index (χ3n) is 3.82. The predicted molar refractivity (Wildman–Crippen MR) is 68.1 cm³/mol. The van der Waals surface area contributed by atoms with Crippen molar-refractivity contribution in [3.8, 4) is 6.07 Å². The molecule has 1 aliphatic rings. The molecule has 1 heterocycles. The van der Waals surface area contributed by atoms with E-state index < -0.39 is 23.9 Å². The van der Waals surface area contributed by atoms with Crippen molar-refractivity contribution in [1.82, 2.24) is 9.78 Å². The van der Waals surface area contributed by atoms with Crippen LogP contribution in [0.25, 0.3) is 0 Å². The monoisotopic (exact) mass is 300 g/mol. The molecule has 0 radical (unpaired) electrons. The first-order valence-corrected chi connectivity index (χ1v) is 6.64. The van der Waals surface area contributed by atoms with E-state index in [0.717, 1.165) is 0 Å². The number of alkyl halides is 3. The smallest absolute Gasteiger partial charge is 0.310 e. The molecule has 1 fully saturated rings. The summed E-state index contributed by atoms with van der Waals surface area (Å²) in [7, 11) is 1.51. The van der Waals surface area contributed by atoms with Gasteiger partial charge in [-0.25, -0.2) is 0 Å². The summed E-state index contributed by atoms with van der Waals surface area (Å²) in [6.07, 6.45) is -1.87. The second-order valence-corrected chi connectivity index (χ2v) is 5.17. The SMILES string of the molecule is Cn1ncc(C#N)c1NC(=O)C1CCCCC1C(F)(F)F. The van der Waals surface area contributed by atoms with Gasteiger partial charge in [-0.15, -0.1) is 0 Å². The zero-order chi connectivity index (χ0) is 15.6. The van der Waals surface area contributed by atoms with E-state index in [0.29, 0.717) is 12.8 Å². The Morgan fingerprint density at radius 3 is 2.76 bits per heavy atom. The number of hydrogen-bond acceptors (Lipinski definition) is 3. The first-order chi connectivity index (χ1) is 9.84. The lowest BCUT2D eigenvalue weighted by molar-refractivity contribution is -0.197. The van der Waals surface area contributed by atoms with E-state index in [4.69, 9.17) is 5.26 Å². The van der Waals surface area contributed by atoms with Crippen molar-refractivity contribution in [1.29, 1.82) is 5.26 Å². The van der Waals surface area contributed by atoms with Gasteiger partial charge in [-0.2, -0.15) is 23.5 Å². The van der Waals surface area contributed by atoms with Gasteiger partial charge in [-0.1, -0.05) is 12.8 Å². The lowest BCUT2D eigenvalue weighted by Gasteiger charge is -2.31. The molecule has 1 saturated carbocycles. The Bertz CT molecular complexity index is 573. The maximum absolute atomic E-state index is 13.0. The van der Waals surface area contributed by atoms with Gasteiger partial charge >= 0.3 is 6.18 Å². The summed E-state index contributed by atoms with van der Waals surface area (Å²) in [5, 5.41) is 15.1. The molecule has 21 heavy (non-hydrogen) atoms. The van der Waals surface area contributed by atoms with Crippen LogP contribution in [0.2, 0.25) is 0 Å². The Morgan fingerprint density at radius 2 is 2.14 bits per heavy atom. The molecule has 0 aliphatic heterocycles. The Labute approximate surface area is 119 Å². The average Bonchev–Trinajstić information content (AvgIpc) is 2.78. The number of hydrogen-bond donors (Lipinski definition) is 1. The van der Waals surface area contributed by atoms with Crippen LogP contribution in [0.3, 0.4) is 0 Å². The maximum atomic E-state index is 13.0. The fourth-order valence-electron chi connectivity index (χ4n) is 2.71. The van der Waals surface area contributed by atoms with E-state index in [-0.39, 0.29) is 24.2 Å². The van der Waals surface area contributed by atoms with Crippen LogP contribution in [0.4, 0.5) is 19.0 Å². The molecule has 0 bridgehead atoms. The largest absolute Gasteiger partial charge is 0.392 e. The van der Waals surface area contributed by atoms with Crippen molar-refractivity contribution in [2.24, 2.45) is 18.9 Å². The molecule has 2 unspecified atom stereocenters. The van der Waals surface area contributed by atoms with Gasteiger partial charge in [0.15, 0.2) is 0 Å². The third-order valence-corrected chi connectivity index (χ3v) is 3.82. The highest BCUT2D eigenvalue weighted by Crippen LogP contribution is 2.41. The number of anilines is 1. The second kappa shape index (κ2) is 5.76. The molecule has 1 aromatic rings. The van der Waals surface area contributed by atoms with Gasteiger partial charge in [-0.05, 0) is 12.8 Å². The van der Waals surface area contributed by atoms with Crippen molar-refractivity contribution < 1.29 is 18.0 Å². The number of carbonyl (C=O) groups excluding carboxylic acids is 1. The Kier molecular flexibility index (Phi) is 4.21. The maximum Gasteiger partial charge on any atom is 0.392 e. The van der Waals surface area contributed by atoms with E-state index in [1.807, 2.05) is 6.07 Å². The third kappa shape index (κ3) is 3.17. The van der Waals surface area contributed by atoms with E-state index in [1.54, 1.807) is 0 Å². The fraction of sp³-hybridized carbons (Fsp3) is 0.615. The van der Waals surface area contributed by atoms with Crippen LogP contribution >= 0.6 is 0 Å². The summed E-state index contributed by atoms with van der Waals surface area (Å²) in [5.41, 5.74) is 0.130. The van der Waals surface area contributed by atoms with E-state index in [1.165, 1.54) is 17.9 Å². The van der Waals surface area contributed by atoms with Gasteiger partial charge in [0.25, 0.3) is 0 Å². The van der Waals surface area contributed by atoms with Crippen molar-refractivity contribution in [3.63, 3.8) is 0 Å². The van der Waals surface area contributed by atoms with Crippen molar-refractivity contribution >= 4 is 11.7 Å². The minimum Gasteiger partial charge on any atom is -0.310 e. The van der Waals surface area contributed by atoms with Gasteiger partial charge in [0.2, 0.25) is 5.91 Å². The fourth-order valence-corrected chi connectivity index (χ4v) is 2.71. The van der Waals surface area contributed by atoms with Crippen LogP contribution in [-0.4, -0.2) is 21.9 Å². The van der Waals surface area contributed by atoms with Crippen LogP contribution in [-0.2, 0) is 11.8 Å². The lowest BCUT2D eigenvalue weighted by atomic mass is 9.78. The highest BCUT2D eigenvalue weighted by Gasteiger charge is 2.48. The number of carbonyl (C=O) groups is 1. The molecule has 2 rings (SSSR count). The highest BCUT2D eigenvalue weighted by molar-refractivity contribution is 5.93. The number of aryl methyl sites for hydroxylation is 1. The van der Waals surface area contributed by atoms with Crippen LogP contribution in [0.15, 0.2) is 6.20 Å². The number of amides is 1. The Hall–Kier alpha value is -2.04. The van der Waals surface area contributed by atoms with E-state index >= 15 is 0 Å². The van der Waals surface area contributed by atoms with Crippen LogP contribution in [0, 0.1) is 23.2 Å². The molecule has 8 heteroatoms. The Morgan fingerprint density at radius 1 is 1.48 bits per heavy atom. The number of halogens is 3. The average molecular weight is 300 g/mol. The normalized spacial score (nSPS) is 22.6. The number of nitriles is 1. The van der Waals surface area contributed by atoms with Gasteiger partial charge in [0.1, 0.15) is 17.5 Å². The van der Waals surface area contributed by atoms with Crippen LogP contribution in [0.1, 0.15) is 31.2 Å². The van der Waals surface area contributed by atoms with Gasteiger partial charge < -0.3 is 5.32 Å². The molecule has 1 aliphatic carbocycles. The summed E-state index contributed by atoms with van der Waals surface area (Å²) in [6, 6.07) is 1.85. The quantitative estimate of drug-likeness (QED) is 0.912. The molecular formula is C13H15F3N4O. The van der Waals surface area contributed by atoms with E-state index in [2.05, 4.69) is 10.4 Å². The first kappa shape index (κ1) is 15.4.